The number of amides is 2. The maximum atomic E-state index is 13.1. The molecular formula is C28H26N8O2. The third kappa shape index (κ3) is 4.74. The van der Waals surface area contributed by atoms with Gasteiger partial charge in [0.15, 0.2) is 5.82 Å². The Morgan fingerprint density at radius 1 is 0.921 bits per heavy atom. The van der Waals surface area contributed by atoms with E-state index in [9.17, 15) is 9.59 Å². The van der Waals surface area contributed by atoms with Gasteiger partial charge in [-0.1, -0.05) is 36.4 Å². The van der Waals surface area contributed by atoms with Crippen molar-refractivity contribution in [1.82, 2.24) is 19.5 Å². The van der Waals surface area contributed by atoms with Gasteiger partial charge in [0, 0.05) is 30.2 Å². The number of hydrogen-bond acceptors (Lipinski definition) is 7. The third-order valence-corrected chi connectivity index (χ3v) is 6.21. The molecule has 0 spiro atoms. The van der Waals surface area contributed by atoms with Crippen molar-refractivity contribution >= 4 is 40.2 Å². The van der Waals surface area contributed by atoms with Crippen LogP contribution in [0.25, 0.3) is 22.6 Å². The summed E-state index contributed by atoms with van der Waals surface area (Å²) in [6.45, 7) is 0.212. The second-order valence-electron chi connectivity index (χ2n) is 8.59. The number of carbonyl (C=O) groups excluding carboxylic acids is 2. The number of carbonyl (C=O) groups is 2. The lowest BCUT2D eigenvalue weighted by Gasteiger charge is -2.30. The number of nitrogens with two attached hydrogens (primary N) is 2. The Morgan fingerprint density at radius 3 is 2.16 bits per heavy atom. The predicted molar refractivity (Wildman–Crippen MR) is 147 cm³/mol. The molecule has 0 saturated heterocycles. The lowest BCUT2D eigenvalue weighted by Crippen LogP contribution is -2.36. The predicted octanol–water partition coefficient (Wildman–Crippen LogP) is 3.50. The van der Waals surface area contributed by atoms with E-state index in [-0.39, 0.29) is 6.54 Å². The van der Waals surface area contributed by atoms with E-state index in [4.69, 9.17) is 16.5 Å². The van der Waals surface area contributed by atoms with Crippen LogP contribution in [-0.4, -0.2) is 44.9 Å². The molecule has 0 aliphatic rings. The van der Waals surface area contributed by atoms with Crippen LogP contribution in [0.2, 0.25) is 0 Å². The van der Waals surface area contributed by atoms with E-state index in [1.54, 1.807) is 42.1 Å². The molecule has 3 aromatic carbocycles. The number of anilines is 3. The molecule has 0 bridgehead atoms. The van der Waals surface area contributed by atoms with Crippen molar-refractivity contribution in [2.24, 2.45) is 11.5 Å². The molecule has 0 aliphatic heterocycles. The smallest absolute Gasteiger partial charge is 0.248 e. The van der Waals surface area contributed by atoms with E-state index < -0.39 is 17.9 Å². The van der Waals surface area contributed by atoms with Crippen molar-refractivity contribution < 1.29 is 9.59 Å². The fourth-order valence-corrected chi connectivity index (χ4v) is 4.40. The van der Waals surface area contributed by atoms with Crippen LogP contribution in [0.4, 0.5) is 17.3 Å². The van der Waals surface area contributed by atoms with Crippen LogP contribution in [0.15, 0.2) is 91.1 Å². The number of nitrogens with one attached hydrogen (secondary N) is 1. The van der Waals surface area contributed by atoms with Gasteiger partial charge >= 0.3 is 0 Å². The second-order valence-corrected chi connectivity index (χ2v) is 8.59. The molecule has 0 unspecified atom stereocenters. The number of benzene rings is 3. The normalized spacial score (nSPS) is 11.7. The van der Waals surface area contributed by atoms with Gasteiger partial charge in [0.2, 0.25) is 17.8 Å². The summed E-state index contributed by atoms with van der Waals surface area (Å²) in [5.74, 6) is -0.326. The van der Waals surface area contributed by atoms with Crippen LogP contribution >= 0.6 is 0 Å². The van der Waals surface area contributed by atoms with Crippen LogP contribution in [-0.2, 0) is 4.79 Å². The fourth-order valence-electron chi connectivity index (χ4n) is 4.40. The van der Waals surface area contributed by atoms with Crippen molar-refractivity contribution in [2.75, 3.05) is 23.8 Å². The van der Waals surface area contributed by atoms with Gasteiger partial charge in [-0.3, -0.25) is 9.59 Å². The molecule has 10 nitrogen and oxygen atoms in total. The van der Waals surface area contributed by atoms with Gasteiger partial charge in [0.1, 0.15) is 11.7 Å². The lowest BCUT2D eigenvalue weighted by molar-refractivity contribution is -0.120. The maximum Gasteiger partial charge on any atom is 0.248 e. The zero-order valence-corrected chi connectivity index (χ0v) is 20.7. The largest absolute Gasteiger partial charge is 0.368 e. The Kier molecular flexibility index (Phi) is 6.68. The van der Waals surface area contributed by atoms with Gasteiger partial charge in [-0.15, -0.1) is 0 Å². The number of fused-ring (bicyclic) bond motifs is 1. The molecule has 0 saturated carbocycles. The van der Waals surface area contributed by atoms with Crippen molar-refractivity contribution in [3.63, 3.8) is 0 Å². The molecule has 5 N–H and O–H groups in total. The fraction of sp³-hybridized carbons (Fsp3) is 0.107. The summed E-state index contributed by atoms with van der Waals surface area (Å²) in [7, 11) is 1.71. The van der Waals surface area contributed by atoms with Crippen LogP contribution in [0.1, 0.15) is 16.4 Å². The summed E-state index contributed by atoms with van der Waals surface area (Å²) in [6, 6.07) is 25.3. The van der Waals surface area contributed by atoms with Crippen molar-refractivity contribution in [1.29, 1.82) is 0 Å². The molecule has 5 rings (SSSR count). The molecule has 2 amide bonds. The Hall–Kier alpha value is -5.25. The van der Waals surface area contributed by atoms with Gasteiger partial charge in [0.05, 0.1) is 17.6 Å². The van der Waals surface area contributed by atoms with E-state index in [2.05, 4.69) is 15.3 Å². The van der Waals surface area contributed by atoms with Crippen molar-refractivity contribution in [2.45, 2.75) is 6.04 Å². The van der Waals surface area contributed by atoms with E-state index in [1.165, 1.54) is 0 Å². The standard InChI is InChI=1S/C28H26N8O2/c1-31-28-32-15-14-21(34-28)27-33-22-16-18(25(29)37)12-13-23(22)36(27)24(26(30)38)17-35(19-8-4-2-5-9-19)20-10-6-3-7-11-20/h2-16,24H,17H2,1H3,(H2,29,37)(H2,30,38)(H,31,32,34)/t24-/m0/s1. The van der Waals surface area contributed by atoms with Crippen LogP contribution in [0.3, 0.4) is 0 Å². The second kappa shape index (κ2) is 10.4. The van der Waals surface area contributed by atoms with E-state index in [1.807, 2.05) is 65.6 Å². The van der Waals surface area contributed by atoms with Gasteiger partial charge in [-0.25, -0.2) is 15.0 Å². The van der Waals surface area contributed by atoms with Gasteiger partial charge in [0.25, 0.3) is 0 Å². The summed E-state index contributed by atoms with van der Waals surface area (Å²) in [5, 5.41) is 2.92. The first-order chi connectivity index (χ1) is 18.5. The maximum absolute atomic E-state index is 13.1. The van der Waals surface area contributed by atoms with E-state index in [0.29, 0.717) is 34.1 Å². The van der Waals surface area contributed by atoms with Crippen LogP contribution < -0.4 is 21.7 Å². The number of aromatic nitrogens is 4. The number of rotatable bonds is 9. The highest BCUT2D eigenvalue weighted by atomic mass is 16.1. The topological polar surface area (TPSA) is 145 Å². The third-order valence-electron chi connectivity index (χ3n) is 6.21. The molecule has 38 heavy (non-hydrogen) atoms. The number of hydrogen-bond donors (Lipinski definition) is 3. The number of para-hydroxylation sites is 2. The monoisotopic (exact) mass is 506 g/mol. The minimum atomic E-state index is -0.858. The summed E-state index contributed by atoms with van der Waals surface area (Å²) in [5.41, 5.74) is 15.3. The summed E-state index contributed by atoms with van der Waals surface area (Å²) >= 11 is 0. The molecule has 2 heterocycles. The zero-order chi connectivity index (χ0) is 26.6. The first-order valence-corrected chi connectivity index (χ1v) is 12.0. The molecule has 0 radical (unpaired) electrons. The van der Waals surface area contributed by atoms with E-state index in [0.717, 1.165) is 11.4 Å². The van der Waals surface area contributed by atoms with Crippen molar-refractivity contribution in [3.05, 3.63) is 96.7 Å². The first kappa shape index (κ1) is 24.4. The molecular weight excluding hydrogens is 480 g/mol. The van der Waals surface area contributed by atoms with Crippen LogP contribution in [0, 0.1) is 0 Å². The van der Waals surface area contributed by atoms with Gasteiger partial charge < -0.3 is 26.3 Å². The Morgan fingerprint density at radius 2 is 1.58 bits per heavy atom. The average Bonchev–Trinajstić information content (AvgIpc) is 3.33. The molecule has 0 aliphatic carbocycles. The van der Waals surface area contributed by atoms with Gasteiger partial charge in [-0.2, -0.15) is 0 Å². The van der Waals surface area contributed by atoms with Crippen molar-refractivity contribution in [3.8, 4) is 11.5 Å². The SMILES string of the molecule is CNc1nccc(-c2nc3cc(C(N)=O)ccc3n2[C@@H](CN(c2ccccc2)c2ccccc2)C(N)=O)n1. The lowest BCUT2D eigenvalue weighted by atomic mass is 10.1. The zero-order valence-electron chi connectivity index (χ0n) is 20.7. The Bertz CT molecular complexity index is 1560. The highest BCUT2D eigenvalue weighted by Gasteiger charge is 2.28. The number of nitrogens with zero attached hydrogens (tertiary/aromatic N) is 5. The molecule has 2 aromatic heterocycles. The summed E-state index contributed by atoms with van der Waals surface area (Å²) < 4.78 is 1.77. The Balaban J connectivity index is 1.71. The highest BCUT2D eigenvalue weighted by molar-refractivity contribution is 5.97. The molecule has 0 fully saturated rings. The molecule has 1 atom stereocenters. The Labute approximate surface area is 218 Å². The molecule has 190 valence electrons. The molecule has 5 aromatic rings. The van der Waals surface area contributed by atoms with E-state index >= 15 is 0 Å². The van der Waals surface area contributed by atoms with Crippen LogP contribution in [0.5, 0.6) is 0 Å². The molecule has 10 heteroatoms. The van der Waals surface area contributed by atoms with Gasteiger partial charge in [-0.05, 0) is 48.5 Å². The number of primary amides is 2. The first-order valence-electron chi connectivity index (χ1n) is 12.0. The average molecular weight is 507 g/mol. The minimum Gasteiger partial charge on any atom is -0.368 e. The minimum absolute atomic E-state index is 0.212. The number of imidazole rings is 1. The summed E-state index contributed by atoms with van der Waals surface area (Å²) in [6.07, 6.45) is 1.60. The highest BCUT2D eigenvalue weighted by Crippen LogP contribution is 2.32. The quantitative estimate of drug-likeness (QED) is 0.277. The summed E-state index contributed by atoms with van der Waals surface area (Å²) in [4.78, 5) is 40.6.